The summed E-state index contributed by atoms with van der Waals surface area (Å²) in [7, 11) is 0. The van der Waals surface area contributed by atoms with Gasteiger partial charge in [0.15, 0.2) is 0 Å². The van der Waals surface area contributed by atoms with Crippen LogP contribution in [-0.4, -0.2) is 25.3 Å². The lowest BCUT2D eigenvalue weighted by molar-refractivity contribution is -0.151. The molecule has 0 aromatic heterocycles. The van der Waals surface area contributed by atoms with Crippen LogP contribution in [0.1, 0.15) is 32.6 Å². The lowest BCUT2D eigenvalue weighted by Gasteiger charge is -2.15. The zero-order valence-electron chi connectivity index (χ0n) is 8.70. The Hall–Kier alpha value is -0.570. The average Bonchev–Trinajstić information content (AvgIpc) is 3.01. The summed E-state index contributed by atoms with van der Waals surface area (Å²) in [6.45, 7) is 2.41. The summed E-state index contributed by atoms with van der Waals surface area (Å²) in [5.41, 5.74) is 0. The highest BCUT2D eigenvalue weighted by molar-refractivity contribution is 5.70. The predicted octanol–water partition coefficient (Wildman–Crippen LogP) is 1.75. The average molecular weight is 198 g/mol. The maximum atomic E-state index is 11.1. The van der Waals surface area contributed by atoms with Gasteiger partial charge in [0.05, 0.1) is 12.7 Å². The van der Waals surface area contributed by atoms with Crippen LogP contribution in [0.5, 0.6) is 0 Å². The Kier molecular flexibility index (Phi) is 3.06. The van der Waals surface area contributed by atoms with Crippen LogP contribution in [-0.2, 0) is 14.3 Å². The molecule has 0 unspecified atom stereocenters. The molecule has 80 valence electrons. The van der Waals surface area contributed by atoms with Crippen molar-refractivity contribution in [1.29, 1.82) is 0 Å². The second-order valence-electron chi connectivity index (χ2n) is 4.26. The number of esters is 1. The summed E-state index contributed by atoms with van der Waals surface area (Å²) in [4.78, 5) is 11.1. The molecule has 2 saturated carbocycles. The van der Waals surface area contributed by atoms with Gasteiger partial charge in [-0.05, 0) is 44.4 Å². The molecule has 2 rings (SSSR count). The van der Waals surface area contributed by atoms with Crippen molar-refractivity contribution in [2.45, 2.75) is 38.7 Å². The van der Waals surface area contributed by atoms with Gasteiger partial charge in [-0.3, -0.25) is 0 Å². The molecule has 0 saturated heterocycles. The molecule has 0 spiro atoms. The number of carbonyl (C=O) groups excluding carboxylic acids is 1. The summed E-state index contributed by atoms with van der Waals surface area (Å²) in [5.74, 6) is 1.24. The Morgan fingerprint density at radius 2 is 1.86 bits per heavy atom. The molecule has 0 aromatic rings. The van der Waals surface area contributed by atoms with Crippen molar-refractivity contribution in [2.24, 2.45) is 11.8 Å². The molecule has 2 aliphatic rings. The first-order valence-electron chi connectivity index (χ1n) is 5.58. The van der Waals surface area contributed by atoms with Gasteiger partial charge in [-0.2, -0.15) is 0 Å². The number of carbonyl (C=O) groups is 1. The Labute approximate surface area is 84.8 Å². The van der Waals surface area contributed by atoms with E-state index in [9.17, 15) is 4.79 Å². The van der Waals surface area contributed by atoms with E-state index in [1.165, 1.54) is 25.7 Å². The van der Waals surface area contributed by atoms with E-state index in [-0.39, 0.29) is 12.6 Å². The summed E-state index contributed by atoms with van der Waals surface area (Å²) < 4.78 is 10.5. The summed E-state index contributed by atoms with van der Waals surface area (Å²) in [6.07, 6.45) is 5.47. The first kappa shape index (κ1) is 9.97. The van der Waals surface area contributed by atoms with Gasteiger partial charge in [0.25, 0.3) is 0 Å². The van der Waals surface area contributed by atoms with Crippen molar-refractivity contribution < 1.29 is 14.3 Å². The zero-order valence-corrected chi connectivity index (χ0v) is 8.70. The highest BCUT2D eigenvalue weighted by Gasteiger charge is 2.42. The topological polar surface area (TPSA) is 35.5 Å². The molecular weight excluding hydrogens is 180 g/mol. The molecule has 0 bridgehead atoms. The van der Waals surface area contributed by atoms with Crippen LogP contribution in [0, 0.1) is 11.8 Å². The van der Waals surface area contributed by atoms with Crippen molar-refractivity contribution in [3.63, 3.8) is 0 Å². The van der Waals surface area contributed by atoms with Crippen molar-refractivity contribution in [2.75, 3.05) is 13.2 Å². The highest BCUT2D eigenvalue weighted by Crippen LogP contribution is 2.46. The van der Waals surface area contributed by atoms with Crippen molar-refractivity contribution in [1.82, 2.24) is 0 Å². The molecule has 14 heavy (non-hydrogen) atoms. The van der Waals surface area contributed by atoms with E-state index >= 15 is 0 Å². The summed E-state index contributed by atoms with van der Waals surface area (Å²) >= 11 is 0. The van der Waals surface area contributed by atoms with Gasteiger partial charge < -0.3 is 9.47 Å². The van der Waals surface area contributed by atoms with Gasteiger partial charge in [0, 0.05) is 0 Å². The van der Waals surface area contributed by atoms with Gasteiger partial charge in [-0.1, -0.05) is 0 Å². The number of hydrogen-bond donors (Lipinski definition) is 0. The first-order valence-corrected chi connectivity index (χ1v) is 5.58. The lowest BCUT2D eigenvalue weighted by atomic mass is 10.1. The third-order valence-corrected chi connectivity index (χ3v) is 2.87. The maximum Gasteiger partial charge on any atom is 0.332 e. The molecule has 0 radical (unpaired) electrons. The minimum Gasteiger partial charge on any atom is -0.464 e. The molecule has 0 atom stereocenters. The minimum atomic E-state index is -0.223. The SMILES string of the molecule is CCOC(=O)COC(C1CC1)C1CC1. The van der Waals surface area contributed by atoms with Crippen LogP contribution in [0.25, 0.3) is 0 Å². The molecular formula is C11H18O3. The van der Waals surface area contributed by atoms with Gasteiger partial charge >= 0.3 is 5.97 Å². The first-order chi connectivity index (χ1) is 6.81. The quantitative estimate of drug-likeness (QED) is 0.610. The fourth-order valence-corrected chi connectivity index (χ4v) is 1.87. The van der Waals surface area contributed by atoms with Crippen LogP contribution in [0.2, 0.25) is 0 Å². The van der Waals surface area contributed by atoms with E-state index in [1.807, 2.05) is 6.92 Å². The van der Waals surface area contributed by atoms with Gasteiger partial charge in [-0.25, -0.2) is 4.79 Å². The Balaban J connectivity index is 1.68. The molecule has 0 aromatic carbocycles. The number of rotatable bonds is 6. The minimum absolute atomic E-state index is 0.144. The van der Waals surface area contributed by atoms with E-state index < -0.39 is 0 Å². The molecule has 3 nitrogen and oxygen atoms in total. The number of hydrogen-bond acceptors (Lipinski definition) is 3. The second-order valence-corrected chi connectivity index (χ2v) is 4.26. The van der Waals surface area contributed by atoms with E-state index in [2.05, 4.69) is 0 Å². The molecule has 2 fully saturated rings. The standard InChI is InChI=1S/C11H18O3/c1-2-13-10(12)7-14-11(8-3-4-8)9-5-6-9/h8-9,11H,2-7H2,1H3. The molecule has 2 aliphatic carbocycles. The van der Waals surface area contributed by atoms with Gasteiger partial charge in [0.1, 0.15) is 6.61 Å². The van der Waals surface area contributed by atoms with Gasteiger partial charge in [-0.15, -0.1) is 0 Å². The van der Waals surface area contributed by atoms with Crippen LogP contribution < -0.4 is 0 Å². The third-order valence-electron chi connectivity index (χ3n) is 2.87. The monoisotopic (exact) mass is 198 g/mol. The third kappa shape index (κ3) is 2.71. The number of ether oxygens (including phenoxy) is 2. The van der Waals surface area contributed by atoms with E-state index in [0.29, 0.717) is 12.7 Å². The predicted molar refractivity (Wildman–Crippen MR) is 51.8 cm³/mol. The summed E-state index contributed by atoms with van der Waals surface area (Å²) in [6, 6.07) is 0. The Morgan fingerprint density at radius 3 is 2.29 bits per heavy atom. The van der Waals surface area contributed by atoms with Crippen LogP contribution in [0.3, 0.4) is 0 Å². The molecule has 0 N–H and O–H groups in total. The van der Waals surface area contributed by atoms with Crippen molar-refractivity contribution in [3.8, 4) is 0 Å². The van der Waals surface area contributed by atoms with Crippen LogP contribution in [0.15, 0.2) is 0 Å². The van der Waals surface area contributed by atoms with Crippen molar-refractivity contribution >= 4 is 5.97 Å². The van der Waals surface area contributed by atoms with Crippen LogP contribution in [0.4, 0.5) is 0 Å². The zero-order chi connectivity index (χ0) is 9.97. The normalized spacial score (nSPS) is 21.3. The fraction of sp³-hybridized carbons (Fsp3) is 0.909. The molecule has 3 heteroatoms. The largest absolute Gasteiger partial charge is 0.464 e. The van der Waals surface area contributed by atoms with E-state index in [4.69, 9.17) is 9.47 Å². The van der Waals surface area contributed by atoms with E-state index in [0.717, 1.165) is 11.8 Å². The van der Waals surface area contributed by atoms with Crippen LogP contribution >= 0.6 is 0 Å². The molecule has 0 aliphatic heterocycles. The summed E-state index contributed by atoms with van der Waals surface area (Å²) in [5, 5.41) is 0. The highest BCUT2D eigenvalue weighted by atomic mass is 16.6. The molecule has 0 heterocycles. The Bertz CT molecular complexity index is 195. The Morgan fingerprint density at radius 1 is 1.29 bits per heavy atom. The molecule has 0 amide bonds. The fourth-order valence-electron chi connectivity index (χ4n) is 1.87. The second kappa shape index (κ2) is 4.30. The van der Waals surface area contributed by atoms with E-state index in [1.54, 1.807) is 0 Å². The maximum absolute atomic E-state index is 11.1. The smallest absolute Gasteiger partial charge is 0.332 e. The lowest BCUT2D eigenvalue weighted by Crippen LogP contribution is -2.23. The van der Waals surface area contributed by atoms with Gasteiger partial charge in [0.2, 0.25) is 0 Å². The van der Waals surface area contributed by atoms with Crippen molar-refractivity contribution in [3.05, 3.63) is 0 Å².